The lowest BCUT2D eigenvalue weighted by molar-refractivity contribution is 0.415. The smallest absolute Gasteiger partial charge is 0.329 e. The number of ether oxygens (including phenoxy) is 1. The maximum Gasteiger partial charge on any atom is 0.329 e. The van der Waals surface area contributed by atoms with Gasteiger partial charge in [0.1, 0.15) is 11.5 Å². The van der Waals surface area contributed by atoms with Gasteiger partial charge in [0.25, 0.3) is 0 Å². The Morgan fingerprint density at radius 2 is 1.34 bits per heavy atom. The highest BCUT2D eigenvalue weighted by Gasteiger charge is 2.14. The van der Waals surface area contributed by atoms with E-state index in [1.165, 1.54) is 19.2 Å². The van der Waals surface area contributed by atoms with E-state index in [4.69, 9.17) is 4.74 Å². The van der Waals surface area contributed by atoms with Gasteiger partial charge in [0.2, 0.25) is 23.7 Å². The summed E-state index contributed by atoms with van der Waals surface area (Å²) in [6, 6.07) is 13.5. The molecule has 0 radical (unpaired) electrons. The first-order valence-electron chi connectivity index (χ1n) is 9.39. The number of H-pyrrole nitrogens is 1. The molecule has 0 unspecified atom stereocenters. The van der Waals surface area contributed by atoms with Gasteiger partial charge in [0, 0.05) is 18.4 Å². The molecule has 0 amide bonds. The molecule has 12 nitrogen and oxygen atoms in total. The van der Waals surface area contributed by atoms with Crippen molar-refractivity contribution in [3.05, 3.63) is 59.0 Å². The highest BCUT2D eigenvalue weighted by Crippen LogP contribution is 2.24. The minimum atomic E-state index is -0.502. The Morgan fingerprint density at radius 1 is 0.844 bits per heavy atom. The van der Waals surface area contributed by atoms with Gasteiger partial charge in [-0.05, 0) is 48.5 Å². The number of phenols is 1. The number of benzene rings is 2. The summed E-state index contributed by atoms with van der Waals surface area (Å²) in [7, 11) is 3.00. The van der Waals surface area contributed by atoms with Crippen LogP contribution >= 0.6 is 0 Å². The number of aromatic amines is 1. The van der Waals surface area contributed by atoms with Crippen LogP contribution in [0, 0.1) is 0 Å². The molecule has 164 valence electrons. The van der Waals surface area contributed by atoms with Crippen LogP contribution < -0.4 is 26.4 Å². The molecule has 2 aromatic carbocycles. The first kappa shape index (κ1) is 20.5. The van der Waals surface area contributed by atoms with Crippen molar-refractivity contribution in [1.29, 1.82) is 0 Å². The number of hydrogen-bond acceptors (Lipinski definition) is 10. The van der Waals surface area contributed by atoms with Crippen LogP contribution in [0.1, 0.15) is 0 Å². The third kappa shape index (κ3) is 4.53. The number of hydrogen-bond donors (Lipinski definition) is 6. The lowest BCUT2D eigenvalue weighted by atomic mass is 10.3. The third-order valence-corrected chi connectivity index (χ3v) is 4.42. The SMILES string of the molecule is COc1ccc(Nc2nc(Nc3ccc(O)cc3)nc(Nc3[nH]c(=O)n(C)c3O)n2)cc1. The van der Waals surface area contributed by atoms with Crippen molar-refractivity contribution >= 4 is 35.0 Å². The molecule has 32 heavy (non-hydrogen) atoms. The van der Waals surface area contributed by atoms with Gasteiger partial charge in [-0.15, -0.1) is 0 Å². The summed E-state index contributed by atoms with van der Waals surface area (Å²) < 4.78 is 6.20. The number of aromatic hydroxyl groups is 2. The number of nitrogens with zero attached hydrogens (tertiary/aromatic N) is 4. The van der Waals surface area contributed by atoms with Crippen molar-refractivity contribution in [2.75, 3.05) is 23.1 Å². The molecule has 0 spiro atoms. The number of anilines is 6. The summed E-state index contributed by atoms with van der Waals surface area (Å²) in [6.45, 7) is 0. The van der Waals surface area contributed by atoms with Crippen LogP contribution in [0.25, 0.3) is 0 Å². The summed E-state index contributed by atoms with van der Waals surface area (Å²) >= 11 is 0. The van der Waals surface area contributed by atoms with E-state index in [2.05, 4.69) is 35.9 Å². The van der Waals surface area contributed by atoms with Crippen molar-refractivity contribution in [2.45, 2.75) is 0 Å². The second-order valence-corrected chi connectivity index (χ2v) is 6.64. The Kier molecular flexibility index (Phi) is 5.49. The van der Waals surface area contributed by atoms with Gasteiger partial charge in [-0.1, -0.05) is 0 Å². The first-order valence-corrected chi connectivity index (χ1v) is 9.39. The van der Waals surface area contributed by atoms with Gasteiger partial charge in [0.05, 0.1) is 7.11 Å². The normalized spacial score (nSPS) is 10.6. The van der Waals surface area contributed by atoms with Gasteiger partial charge in [-0.2, -0.15) is 15.0 Å². The number of nitrogens with one attached hydrogen (secondary N) is 4. The van der Waals surface area contributed by atoms with Gasteiger partial charge in [-0.3, -0.25) is 9.55 Å². The first-order chi connectivity index (χ1) is 15.4. The zero-order chi connectivity index (χ0) is 22.7. The molecule has 0 aliphatic carbocycles. The standard InChI is InChI=1S/C20H20N8O4/c1-28-16(30)15(24-20(28)31)23-19-26-17(21-11-3-7-13(29)8-4-11)25-18(27-19)22-12-5-9-14(32-2)10-6-12/h3-10,29-30H,1-2H3,(H,24,31)(H3,21,22,23,25,26,27). The summed E-state index contributed by atoms with van der Waals surface area (Å²) in [5, 5.41) is 28.4. The van der Waals surface area contributed by atoms with E-state index in [0.29, 0.717) is 17.1 Å². The van der Waals surface area contributed by atoms with Crippen LogP contribution in [0.15, 0.2) is 53.3 Å². The van der Waals surface area contributed by atoms with Crippen molar-refractivity contribution in [3.8, 4) is 17.4 Å². The minimum Gasteiger partial charge on any atom is -0.508 e. The molecule has 2 heterocycles. The van der Waals surface area contributed by atoms with Crippen molar-refractivity contribution in [3.63, 3.8) is 0 Å². The molecule has 0 saturated heterocycles. The summed E-state index contributed by atoms with van der Waals surface area (Å²) in [6.07, 6.45) is 0. The summed E-state index contributed by atoms with van der Waals surface area (Å²) in [5.41, 5.74) is 0.832. The largest absolute Gasteiger partial charge is 0.508 e. The Bertz CT molecular complexity index is 1280. The van der Waals surface area contributed by atoms with Gasteiger partial charge >= 0.3 is 5.69 Å². The van der Waals surface area contributed by atoms with Crippen LogP contribution in [0.2, 0.25) is 0 Å². The zero-order valence-corrected chi connectivity index (χ0v) is 17.1. The van der Waals surface area contributed by atoms with E-state index >= 15 is 0 Å². The van der Waals surface area contributed by atoms with Crippen molar-refractivity contribution < 1.29 is 14.9 Å². The van der Waals surface area contributed by atoms with Gasteiger partial charge in [0.15, 0.2) is 5.82 Å². The average Bonchev–Trinajstić information content (AvgIpc) is 3.02. The highest BCUT2D eigenvalue weighted by molar-refractivity contribution is 5.62. The molecule has 0 bridgehead atoms. The van der Waals surface area contributed by atoms with Gasteiger partial charge in [-0.25, -0.2) is 4.79 Å². The van der Waals surface area contributed by atoms with E-state index in [1.807, 2.05) is 0 Å². The molecule has 4 rings (SSSR count). The van der Waals surface area contributed by atoms with Crippen LogP contribution in [0.4, 0.5) is 35.0 Å². The number of phenolic OH excluding ortho intramolecular Hbond substituents is 1. The Balaban J connectivity index is 1.66. The summed E-state index contributed by atoms with van der Waals surface area (Å²) in [4.78, 5) is 27.2. The van der Waals surface area contributed by atoms with E-state index in [9.17, 15) is 15.0 Å². The lowest BCUT2D eigenvalue weighted by Crippen LogP contribution is -2.11. The van der Waals surface area contributed by atoms with E-state index in [-0.39, 0.29) is 35.3 Å². The molecule has 0 saturated carbocycles. The highest BCUT2D eigenvalue weighted by atomic mass is 16.5. The monoisotopic (exact) mass is 436 g/mol. The molecular weight excluding hydrogens is 416 g/mol. The van der Waals surface area contributed by atoms with Crippen LogP contribution in [0.3, 0.4) is 0 Å². The molecular formula is C20H20N8O4. The fraction of sp³-hybridized carbons (Fsp3) is 0.100. The average molecular weight is 436 g/mol. The Morgan fingerprint density at radius 3 is 1.81 bits per heavy atom. The molecule has 6 N–H and O–H groups in total. The molecule has 0 aliphatic rings. The topological polar surface area (TPSA) is 162 Å². The zero-order valence-electron chi connectivity index (χ0n) is 17.1. The molecule has 12 heteroatoms. The Labute approximate surface area is 181 Å². The number of methoxy groups -OCH3 is 1. The molecule has 4 aromatic rings. The number of rotatable bonds is 7. The molecule has 0 aliphatic heterocycles. The Hall–Kier alpha value is -4.74. The quantitative estimate of drug-likeness (QED) is 0.237. The van der Waals surface area contributed by atoms with E-state index < -0.39 is 5.69 Å². The van der Waals surface area contributed by atoms with Crippen LogP contribution in [0.5, 0.6) is 17.4 Å². The fourth-order valence-electron chi connectivity index (χ4n) is 2.73. The number of imidazole rings is 1. The number of aromatic nitrogens is 5. The predicted octanol–water partition coefficient (Wildman–Crippen LogP) is 2.55. The van der Waals surface area contributed by atoms with Crippen molar-refractivity contribution in [2.24, 2.45) is 7.05 Å². The lowest BCUT2D eigenvalue weighted by Gasteiger charge is -2.11. The maximum absolute atomic E-state index is 11.7. The van der Waals surface area contributed by atoms with Crippen LogP contribution in [-0.4, -0.2) is 41.8 Å². The van der Waals surface area contributed by atoms with Crippen molar-refractivity contribution in [1.82, 2.24) is 24.5 Å². The van der Waals surface area contributed by atoms with E-state index in [0.717, 1.165) is 4.57 Å². The molecule has 0 fully saturated rings. The van der Waals surface area contributed by atoms with E-state index in [1.54, 1.807) is 43.5 Å². The molecule has 2 aromatic heterocycles. The van der Waals surface area contributed by atoms with Crippen LogP contribution in [-0.2, 0) is 7.05 Å². The second kappa shape index (κ2) is 8.55. The fourth-order valence-corrected chi connectivity index (χ4v) is 2.73. The minimum absolute atomic E-state index is 0.0367. The third-order valence-electron chi connectivity index (χ3n) is 4.42. The maximum atomic E-state index is 11.7. The molecule has 0 atom stereocenters. The van der Waals surface area contributed by atoms with Gasteiger partial charge < -0.3 is 30.9 Å². The summed E-state index contributed by atoms with van der Waals surface area (Å²) in [5.74, 6) is 1.01. The predicted molar refractivity (Wildman–Crippen MR) is 118 cm³/mol. The second-order valence-electron chi connectivity index (χ2n) is 6.64.